The number of ether oxygens (including phenoxy) is 1. The van der Waals surface area contributed by atoms with Gasteiger partial charge in [-0.2, -0.15) is 5.10 Å². The van der Waals surface area contributed by atoms with Crippen LogP contribution >= 0.6 is 0 Å². The molecule has 0 spiro atoms. The van der Waals surface area contributed by atoms with E-state index in [-0.39, 0.29) is 12.6 Å². The van der Waals surface area contributed by atoms with Gasteiger partial charge in [0.15, 0.2) is 0 Å². The Morgan fingerprint density at radius 2 is 2.38 bits per heavy atom. The fraction of sp³-hybridized carbons (Fsp3) is 0.733. The van der Waals surface area contributed by atoms with Crippen LogP contribution in [0.5, 0.6) is 0 Å². The molecule has 1 unspecified atom stereocenters. The van der Waals surface area contributed by atoms with Crippen LogP contribution in [0.4, 0.5) is 0 Å². The SMILES string of the molecule is CCOC(=O)c1cnn(C)c1CN1CCCC(CCO)C1. The van der Waals surface area contributed by atoms with Gasteiger partial charge in [0.2, 0.25) is 0 Å². The largest absolute Gasteiger partial charge is 0.462 e. The quantitative estimate of drug-likeness (QED) is 0.799. The molecule has 0 bridgehead atoms. The lowest BCUT2D eigenvalue weighted by atomic mass is 9.95. The minimum absolute atomic E-state index is 0.248. The molecule has 1 atom stereocenters. The number of likely N-dealkylation sites (tertiary alicyclic amines) is 1. The van der Waals surface area contributed by atoms with E-state index < -0.39 is 0 Å². The Morgan fingerprint density at radius 3 is 3.10 bits per heavy atom. The number of aliphatic hydroxyl groups is 1. The van der Waals surface area contributed by atoms with E-state index in [1.165, 1.54) is 6.42 Å². The first-order chi connectivity index (χ1) is 10.2. The fourth-order valence-electron chi connectivity index (χ4n) is 2.95. The van der Waals surface area contributed by atoms with E-state index in [1.807, 2.05) is 7.05 Å². The molecule has 1 fully saturated rings. The molecule has 118 valence electrons. The average Bonchev–Trinajstić information content (AvgIpc) is 2.81. The van der Waals surface area contributed by atoms with Gasteiger partial charge in [-0.3, -0.25) is 9.58 Å². The van der Waals surface area contributed by atoms with Gasteiger partial charge in [0.1, 0.15) is 5.56 Å². The number of hydrogen-bond acceptors (Lipinski definition) is 5. The molecule has 6 heteroatoms. The Bertz CT molecular complexity index is 471. The van der Waals surface area contributed by atoms with E-state index in [9.17, 15) is 4.79 Å². The van der Waals surface area contributed by atoms with Crippen LogP contribution < -0.4 is 0 Å². The van der Waals surface area contributed by atoms with Crippen molar-refractivity contribution in [3.05, 3.63) is 17.5 Å². The van der Waals surface area contributed by atoms with Gasteiger partial charge in [-0.05, 0) is 38.6 Å². The lowest BCUT2D eigenvalue weighted by Crippen LogP contribution is -2.36. The third kappa shape index (κ3) is 4.04. The van der Waals surface area contributed by atoms with Crippen LogP contribution in [0.25, 0.3) is 0 Å². The van der Waals surface area contributed by atoms with Crippen LogP contribution in [-0.4, -0.2) is 52.1 Å². The van der Waals surface area contributed by atoms with Crippen LogP contribution in [0.2, 0.25) is 0 Å². The summed E-state index contributed by atoms with van der Waals surface area (Å²) in [5.41, 5.74) is 1.46. The molecule has 2 heterocycles. The molecule has 0 aromatic carbocycles. The van der Waals surface area contributed by atoms with Crippen LogP contribution in [0, 0.1) is 5.92 Å². The summed E-state index contributed by atoms with van der Waals surface area (Å²) in [6.45, 7) is 5.11. The second-order valence-corrected chi connectivity index (χ2v) is 5.60. The van der Waals surface area contributed by atoms with Crippen molar-refractivity contribution in [3.8, 4) is 0 Å². The van der Waals surface area contributed by atoms with Crippen LogP contribution in [0.15, 0.2) is 6.20 Å². The molecule has 1 aliphatic rings. The highest BCUT2D eigenvalue weighted by Gasteiger charge is 2.23. The highest BCUT2D eigenvalue weighted by molar-refractivity contribution is 5.90. The summed E-state index contributed by atoms with van der Waals surface area (Å²) in [4.78, 5) is 14.3. The van der Waals surface area contributed by atoms with Gasteiger partial charge in [0.05, 0.1) is 18.5 Å². The molecular formula is C15H25N3O3. The van der Waals surface area contributed by atoms with E-state index >= 15 is 0 Å². The number of carbonyl (C=O) groups excluding carboxylic acids is 1. The Kier molecular flexibility index (Phi) is 5.76. The summed E-state index contributed by atoms with van der Waals surface area (Å²) in [6.07, 6.45) is 4.75. The number of aliphatic hydroxyl groups excluding tert-OH is 1. The van der Waals surface area contributed by atoms with Crippen molar-refractivity contribution in [3.63, 3.8) is 0 Å². The maximum absolute atomic E-state index is 12.0. The lowest BCUT2D eigenvalue weighted by molar-refractivity contribution is 0.0522. The number of esters is 1. The number of hydrogen-bond donors (Lipinski definition) is 1. The molecule has 2 rings (SSSR count). The van der Waals surface area contributed by atoms with Crippen molar-refractivity contribution in [1.29, 1.82) is 0 Å². The Balaban J connectivity index is 2.05. The molecule has 0 amide bonds. The minimum atomic E-state index is -0.301. The molecular weight excluding hydrogens is 270 g/mol. The summed E-state index contributed by atoms with van der Waals surface area (Å²) in [6, 6.07) is 0. The van der Waals surface area contributed by atoms with Gasteiger partial charge >= 0.3 is 5.97 Å². The molecule has 1 saturated heterocycles. The second kappa shape index (κ2) is 7.56. The minimum Gasteiger partial charge on any atom is -0.462 e. The predicted molar refractivity (Wildman–Crippen MR) is 78.9 cm³/mol. The van der Waals surface area contributed by atoms with Crippen molar-refractivity contribution < 1.29 is 14.6 Å². The summed E-state index contributed by atoms with van der Waals surface area (Å²) < 4.78 is 6.84. The van der Waals surface area contributed by atoms with Crippen molar-refractivity contribution in [2.24, 2.45) is 13.0 Å². The van der Waals surface area contributed by atoms with Gasteiger partial charge in [0, 0.05) is 26.7 Å². The Hall–Kier alpha value is -1.40. The highest BCUT2D eigenvalue weighted by Crippen LogP contribution is 2.22. The lowest BCUT2D eigenvalue weighted by Gasteiger charge is -2.32. The summed E-state index contributed by atoms with van der Waals surface area (Å²) >= 11 is 0. The zero-order valence-corrected chi connectivity index (χ0v) is 12.9. The number of piperidine rings is 1. The number of rotatable bonds is 6. The topological polar surface area (TPSA) is 67.6 Å². The van der Waals surface area contributed by atoms with Gasteiger partial charge in [-0.1, -0.05) is 0 Å². The van der Waals surface area contributed by atoms with Gasteiger partial charge in [-0.25, -0.2) is 4.79 Å². The third-order valence-corrected chi connectivity index (χ3v) is 4.07. The van der Waals surface area contributed by atoms with Crippen molar-refractivity contribution in [2.75, 3.05) is 26.3 Å². The van der Waals surface area contributed by atoms with E-state index in [4.69, 9.17) is 9.84 Å². The molecule has 1 aromatic heterocycles. The fourth-order valence-corrected chi connectivity index (χ4v) is 2.95. The normalized spacial score (nSPS) is 19.7. The molecule has 0 aliphatic carbocycles. The van der Waals surface area contributed by atoms with Crippen molar-refractivity contribution >= 4 is 5.97 Å². The predicted octanol–water partition coefficient (Wildman–Crippen LogP) is 1.19. The molecule has 0 saturated carbocycles. The first-order valence-corrected chi connectivity index (χ1v) is 7.66. The maximum Gasteiger partial charge on any atom is 0.341 e. The monoisotopic (exact) mass is 295 g/mol. The first kappa shape index (κ1) is 16.0. The van der Waals surface area contributed by atoms with E-state index in [2.05, 4.69) is 10.00 Å². The first-order valence-electron chi connectivity index (χ1n) is 7.66. The zero-order valence-electron chi connectivity index (χ0n) is 12.9. The van der Waals surface area contributed by atoms with Crippen LogP contribution in [0.1, 0.15) is 42.2 Å². The third-order valence-electron chi connectivity index (χ3n) is 4.07. The van der Waals surface area contributed by atoms with Crippen LogP contribution in [-0.2, 0) is 18.3 Å². The summed E-state index contributed by atoms with van der Waals surface area (Å²) in [7, 11) is 1.85. The van der Waals surface area contributed by atoms with Crippen molar-refractivity contribution in [1.82, 2.24) is 14.7 Å². The van der Waals surface area contributed by atoms with Gasteiger partial charge in [0.25, 0.3) is 0 Å². The molecule has 1 N–H and O–H groups in total. The van der Waals surface area contributed by atoms with E-state index in [0.717, 1.165) is 31.6 Å². The molecule has 0 radical (unpaired) electrons. The Morgan fingerprint density at radius 1 is 1.57 bits per heavy atom. The highest BCUT2D eigenvalue weighted by atomic mass is 16.5. The standard InChI is InChI=1S/C15H25N3O3/c1-3-21-15(20)13-9-16-17(2)14(13)11-18-7-4-5-12(10-18)6-8-19/h9,12,19H,3-8,10-11H2,1-2H3. The van der Waals surface area contributed by atoms with Crippen molar-refractivity contribution in [2.45, 2.75) is 32.7 Å². The summed E-state index contributed by atoms with van der Waals surface area (Å²) in [5.74, 6) is 0.243. The molecule has 1 aliphatic heterocycles. The smallest absolute Gasteiger partial charge is 0.341 e. The van der Waals surface area contributed by atoms with Crippen LogP contribution in [0.3, 0.4) is 0 Å². The second-order valence-electron chi connectivity index (χ2n) is 5.60. The molecule has 1 aromatic rings. The number of aryl methyl sites for hydroxylation is 1. The van der Waals surface area contributed by atoms with E-state index in [1.54, 1.807) is 17.8 Å². The van der Waals surface area contributed by atoms with Gasteiger partial charge in [-0.15, -0.1) is 0 Å². The van der Waals surface area contributed by atoms with E-state index in [0.29, 0.717) is 24.6 Å². The van der Waals surface area contributed by atoms with Gasteiger partial charge < -0.3 is 9.84 Å². The Labute approximate surface area is 125 Å². The maximum atomic E-state index is 12.0. The molecule has 21 heavy (non-hydrogen) atoms. The zero-order chi connectivity index (χ0) is 15.2. The number of aromatic nitrogens is 2. The number of nitrogens with zero attached hydrogens (tertiary/aromatic N) is 3. The number of carbonyl (C=O) groups is 1. The summed E-state index contributed by atoms with van der Waals surface area (Å²) in [5, 5.41) is 13.3. The average molecular weight is 295 g/mol. The molecule has 6 nitrogen and oxygen atoms in total.